The van der Waals surface area contributed by atoms with E-state index in [1.165, 1.54) is 38.5 Å². The highest BCUT2D eigenvalue weighted by atomic mass is 35.5. The first-order valence-corrected chi connectivity index (χ1v) is 8.64. The minimum atomic E-state index is -0.114. The lowest BCUT2D eigenvalue weighted by Crippen LogP contribution is -2.48. The summed E-state index contributed by atoms with van der Waals surface area (Å²) in [5.74, 6) is 0.444. The molecule has 3 nitrogen and oxygen atoms in total. The van der Waals surface area contributed by atoms with Gasteiger partial charge in [0.25, 0.3) is 0 Å². The van der Waals surface area contributed by atoms with Gasteiger partial charge < -0.3 is 5.11 Å². The van der Waals surface area contributed by atoms with Crippen molar-refractivity contribution in [3.05, 3.63) is 29.0 Å². The lowest BCUT2D eigenvalue weighted by molar-refractivity contribution is -0.00861. The highest BCUT2D eigenvalue weighted by Crippen LogP contribution is 2.35. The van der Waals surface area contributed by atoms with E-state index in [2.05, 4.69) is 9.88 Å². The molecule has 1 aromatic rings. The van der Waals surface area contributed by atoms with Crippen LogP contribution in [0.4, 0.5) is 0 Å². The summed E-state index contributed by atoms with van der Waals surface area (Å²) >= 11 is 6.27. The summed E-state index contributed by atoms with van der Waals surface area (Å²) in [5, 5.41) is 11.2. The third-order valence-electron chi connectivity index (χ3n) is 5.17. The molecule has 0 spiro atoms. The number of hydrogen-bond acceptors (Lipinski definition) is 3. The third-order valence-corrected chi connectivity index (χ3v) is 5.51. The molecule has 1 aliphatic carbocycles. The van der Waals surface area contributed by atoms with Crippen molar-refractivity contribution in [2.75, 3.05) is 6.54 Å². The molecule has 1 saturated heterocycles. The molecule has 116 valence electrons. The average molecular weight is 309 g/mol. The molecule has 3 atom stereocenters. The van der Waals surface area contributed by atoms with Crippen LogP contribution in [0.3, 0.4) is 0 Å². The van der Waals surface area contributed by atoms with E-state index in [0.717, 1.165) is 30.1 Å². The Morgan fingerprint density at radius 3 is 2.81 bits per heavy atom. The first kappa shape index (κ1) is 15.3. The van der Waals surface area contributed by atoms with Gasteiger partial charge in [0.1, 0.15) is 0 Å². The predicted molar refractivity (Wildman–Crippen MR) is 85.3 cm³/mol. The van der Waals surface area contributed by atoms with Crippen molar-refractivity contribution in [2.24, 2.45) is 5.92 Å². The normalized spacial score (nSPS) is 31.2. The lowest BCUT2D eigenvalue weighted by Gasteiger charge is -2.44. The molecule has 1 aromatic heterocycles. The lowest BCUT2D eigenvalue weighted by atomic mass is 9.78. The van der Waals surface area contributed by atoms with E-state index in [4.69, 9.17) is 11.6 Å². The monoisotopic (exact) mass is 308 g/mol. The van der Waals surface area contributed by atoms with Crippen LogP contribution in [0.5, 0.6) is 0 Å². The minimum absolute atomic E-state index is 0.114. The van der Waals surface area contributed by atoms with Crippen LogP contribution in [-0.4, -0.2) is 33.7 Å². The van der Waals surface area contributed by atoms with Gasteiger partial charge in [-0.05, 0) is 43.9 Å². The van der Waals surface area contributed by atoms with Gasteiger partial charge >= 0.3 is 0 Å². The molecule has 0 bridgehead atoms. The fourth-order valence-corrected chi connectivity index (χ4v) is 4.22. The number of piperidine rings is 1. The van der Waals surface area contributed by atoms with Crippen LogP contribution >= 0.6 is 11.6 Å². The van der Waals surface area contributed by atoms with Gasteiger partial charge in [-0.15, -0.1) is 0 Å². The summed E-state index contributed by atoms with van der Waals surface area (Å²) in [6, 6.07) is 2.53. The molecule has 2 fully saturated rings. The molecule has 1 saturated carbocycles. The van der Waals surface area contributed by atoms with Crippen LogP contribution in [0.25, 0.3) is 0 Å². The number of likely N-dealkylation sites (tertiary alicyclic amines) is 1. The van der Waals surface area contributed by atoms with Crippen LogP contribution in [0.15, 0.2) is 18.5 Å². The zero-order valence-corrected chi connectivity index (χ0v) is 13.3. The average Bonchev–Trinajstić information content (AvgIpc) is 2.51. The van der Waals surface area contributed by atoms with E-state index in [1.54, 1.807) is 6.20 Å². The first-order valence-electron chi connectivity index (χ1n) is 8.26. The van der Waals surface area contributed by atoms with Crippen LogP contribution in [0, 0.1) is 5.92 Å². The summed E-state index contributed by atoms with van der Waals surface area (Å²) in [6.45, 7) is 2.00. The Morgan fingerprint density at radius 1 is 1.19 bits per heavy atom. The van der Waals surface area contributed by atoms with Gasteiger partial charge in [0.05, 0.1) is 11.1 Å². The summed E-state index contributed by atoms with van der Waals surface area (Å²) in [5.41, 5.74) is 1.16. The van der Waals surface area contributed by atoms with Crippen LogP contribution in [0.2, 0.25) is 5.02 Å². The maximum absolute atomic E-state index is 10.4. The van der Waals surface area contributed by atoms with Gasteiger partial charge in [0.15, 0.2) is 0 Å². The molecule has 2 heterocycles. The van der Waals surface area contributed by atoms with Crippen molar-refractivity contribution in [1.82, 2.24) is 9.88 Å². The summed E-state index contributed by atoms with van der Waals surface area (Å²) in [7, 11) is 0. The Hall–Kier alpha value is -0.640. The van der Waals surface area contributed by atoms with Crippen molar-refractivity contribution >= 4 is 11.6 Å². The Labute approximate surface area is 132 Å². The fraction of sp³-hybridized carbons (Fsp3) is 0.706. The molecule has 0 amide bonds. The number of rotatable bonds is 3. The SMILES string of the molecule is OC1CCCCC1C1CCCCN1Cc1ccncc1Cl. The minimum Gasteiger partial charge on any atom is -0.393 e. The molecule has 3 rings (SSSR count). The number of pyridine rings is 1. The largest absolute Gasteiger partial charge is 0.393 e. The third kappa shape index (κ3) is 3.58. The molecule has 4 heteroatoms. The highest BCUT2D eigenvalue weighted by molar-refractivity contribution is 6.31. The molecular weight excluding hydrogens is 284 g/mol. The maximum Gasteiger partial charge on any atom is 0.0634 e. The molecule has 2 aliphatic rings. The van der Waals surface area contributed by atoms with Crippen molar-refractivity contribution in [3.63, 3.8) is 0 Å². The van der Waals surface area contributed by atoms with Crippen LogP contribution in [-0.2, 0) is 6.54 Å². The Bertz CT molecular complexity index is 468. The molecule has 0 aromatic carbocycles. The summed E-state index contributed by atoms with van der Waals surface area (Å²) in [6.07, 6.45) is 11.8. The number of aromatic nitrogens is 1. The topological polar surface area (TPSA) is 36.4 Å². The summed E-state index contributed by atoms with van der Waals surface area (Å²) in [4.78, 5) is 6.61. The van der Waals surface area contributed by atoms with Gasteiger partial charge in [0, 0.05) is 30.9 Å². The Kier molecular flexibility index (Phi) is 5.15. The van der Waals surface area contributed by atoms with Crippen molar-refractivity contribution in [3.8, 4) is 0 Å². The van der Waals surface area contributed by atoms with Gasteiger partial charge in [0.2, 0.25) is 0 Å². The van der Waals surface area contributed by atoms with Gasteiger partial charge in [-0.1, -0.05) is 30.9 Å². The second-order valence-electron chi connectivity index (χ2n) is 6.52. The van der Waals surface area contributed by atoms with Gasteiger partial charge in [-0.2, -0.15) is 0 Å². The Balaban J connectivity index is 1.73. The van der Waals surface area contributed by atoms with E-state index in [9.17, 15) is 5.11 Å². The predicted octanol–water partition coefficient (Wildman–Crippen LogP) is 3.64. The number of halogens is 1. The maximum atomic E-state index is 10.4. The first-order chi connectivity index (χ1) is 10.3. The van der Waals surface area contributed by atoms with Crippen molar-refractivity contribution in [2.45, 2.75) is 63.6 Å². The second kappa shape index (κ2) is 7.08. The van der Waals surface area contributed by atoms with Crippen molar-refractivity contribution in [1.29, 1.82) is 0 Å². The Morgan fingerprint density at radius 2 is 2.00 bits per heavy atom. The molecule has 21 heavy (non-hydrogen) atoms. The van der Waals surface area contributed by atoms with Crippen LogP contribution in [0.1, 0.15) is 50.5 Å². The molecular formula is C17H25ClN2O. The zero-order chi connectivity index (χ0) is 14.7. The molecule has 1 aliphatic heterocycles. The van der Waals surface area contributed by atoms with E-state index in [-0.39, 0.29) is 6.10 Å². The number of nitrogens with zero attached hydrogens (tertiary/aromatic N) is 2. The van der Waals surface area contributed by atoms with Crippen LogP contribution < -0.4 is 0 Å². The molecule has 0 radical (unpaired) electrons. The number of aliphatic hydroxyl groups excluding tert-OH is 1. The highest BCUT2D eigenvalue weighted by Gasteiger charge is 2.35. The fourth-order valence-electron chi connectivity index (χ4n) is 4.04. The zero-order valence-electron chi connectivity index (χ0n) is 12.5. The molecule has 1 N–H and O–H groups in total. The van der Waals surface area contributed by atoms with Gasteiger partial charge in [-0.3, -0.25) is 9.88 Å². The van der Waals surface area contributed by atoms with E-state index in [0.29, 0.717) is 12.0 Å². The standard InChI is InChI=1S/C17H25ClN2O/c18-15-11-19-9-8-13(15)12-20-10-4-3-6-16(20)14-5-1-2-7-17(14)21/h8-9,11,14,16-17,21H,1-7,10,12H2. The number of hydrogen-bond donors (Lipinski definition) is 1. The number of aliphatic hydroxyl groups is 1. The van der Waals surface area contributed by atoms with E-state index in [1.807, 2.05) is 12.3 Å². The summed E-state index contributed by atoms with van der Waals surface area (Å²) < 4.78 is 0. The van der Waals surface area contributed by atoms with Crippen molar-refractivity contribution < 1.29 is 5.11 Å². The molecule has 3 unspecified atom stereocenters. The quantitative estimate of drug-likeness (QED) is 0.926. The van der Waals surface area contributed by atoms with E-state index >= 15 is 0 Å². The second-order valence-corrected chi connectivity index (χ2v) is 6.92. The van der Waals surface area contributed by atoms with Gasteiger partial charge in [-0.25, -0.2) is 0 Å². The smallest absolute Gasteiger partial charge is 0.0634 e. The van der Waals surface area contributed by atoms with E-state index < -0.39 is 0 Å².